The van der Waals surface area contributed by atoms with Crippen LogP contribution in [0.3, 0.4) is 0 Å². The summed E-state index contributed by atoms with van der Waals surface area (Å²) in [5.41, 5.74) is 3.46. The Kier molecular flexibility index (Phi) is 6.30. The predicted molar refractivity (Wildman–Crippen MR) is 133 cm³/mol. The molecule has 0 aliphatic heterocycles. The molecular weight excluding hydrogens is 434 g/mol. The first-order valence-corrected chi connectivity index (χ1v) is 12.1. The number of amides is 1. The van der Waals surface area contributed by atoms with E-state index in [-0.39, 0.29) is 29.3 Å². The van der Waals surface area contributed by atoms with E-state index in [2.05, 4.69) is 10.2 Å². The Morgan fingerprint density at radius 3 is 2.39 bits per heavy atom. The van der Waals surface area contributed by atoms with Crippen molar-refractivity contribution in [2.75, 3.05) is 5.75 Å². The zero-order valence-corrected chi connectivity index (χ0v) is 20.7. The van der Waals surface area contributed by atoms with E-state index in [1.54, 1.807) is 4.57 Å². The van der Waals surface area contributed by atoms with Gasteiger partial charge in [-0.15, -0.1) is 10.2 Å². The summed E-state index contributed by atoms with van der Waals surface area (Å²) < 4.78 is 3.50. The van der Waals surface area contributed by atoms with E-state index in [9.17, 15) is 9.59 Å². The minimum Gasteiger partial charge on any atom is -0.337 e. The molecule has 2 aromatic carbocycles. The molecule has 4 rings (SSSR count). The molecule has 2 heterocycles. The van der Waals surface area contributed by atoms with E-state index in [1.165, 1.54) is 11.8 Å². The van der Waals surface area contributed by atoms with Gasteiger partial charge in [0.05, 0.1) is 22.3 Å². The topological polar surface area (TPSA) is 72.5 Å². The van der Waals surface area contributed by atoms with E-state index in [0.29, 0.717) is 16.3 Å². The lowest BCUT2D eigenvalue weighted by atomic mass is 10.1. The monoisotopic (exact) mass is 463 g/mol. The zero-order valence-electron chi connectivity index (χ0n) is 19.9. The van der Waals surface area contributed by atoms with Crippen LogP contribution in [-0.4, -0.2) is 47.8 Å². The van der Waals surface area contributed by atoms with Crippen LogP contribution in [0.25, 0.3) is 22.4 Å². The molecule has 2 aromatic heterocycles. The SMILES string of the molecule is Cc1cccc(-n2c(=O)c3ccccc3n3c(SCC(=O)N(C(C)C)C(C)C)nnc23)c1C. The second-order valence-corrected chi connectivity index (χ2v) is 9.71. The van der Waals surface area contributed by atoms with Gasteiger partial charge < -0.3 is 4.90 Å². The number of fused-ring (bicyclic) bond motifs is 3. The van der Waals surface area contributed by atoms with Crippen LogP contribution in [0, 0.1) is 13.8 Å². The summed E-state index contributed by atoms with van der Waals surface area (Å²) in [5, 5.41) is 9.95. The number of rotatable bonds is 6. The van der Waals surface area contributed by atoms with Crippen LogP contribution in [0.15, 0.2) is 52.4 Å². The smallest absolute Gasteiger partial charge is 0.267 e. The number of thioether (sulfide) groups is 1. The highest BCUT2D eigenvalue weighted by molar-refractivity contribution is 7.99. The maximum Gasteiger partial charge on any atom is 0.267 e. The van der Waals surface area contributed by atoms with Crippen LogP contribution in [0.2, 0.25) is 0 Å². The van der Waals surface area contributed by atoms with Crippen LogP contribution in [0.4, 0.5) is 0 Å². The molecule has 33 heavy (non-hydrogen) atoms. The van der Waals surface area contributed by atoms with Gasteiger partial charge in [0.2, 0.25) is 11.7 Å². The second-order valence-electron chi connectivity index (χ2n) is 8.77. The van der Waals surface area contributed by atoms with Crippen LogP contribution in [-0.2, 0) is 4.79 Å². The van der Waals surface area contributed by atoms with E-state index in [0.717, 1.165) is 22.3 Å². The number of carbonyl (C=O) groups excluding carboxylic acids is 1. The molecule has 0 atom stereocenters. The Morgan fingerprint density at radius 1 is 1.00 bits per heavy atom. The number of hydrogen-bond acceptors (Lipinski definition) is 5. The number of benzene rings is 2. The Labute approximate surface area is 197 Å². The number of hydrogen-bond donors (Lipinski definition) is 0. The quantitative estimate of drug-likeness (QED) is 0.397. The lowest BCUT2D eigenvalue weighted by molar-refractivity contribution is -0.131. The summed E-state index contributed by atoms with van der Waals surface area (Å²) >= 11 is 1.34. The van der Waals surface area contributed by atoms with Crippen LogP contribution >= 0.6 is 11.8 Å². The molecule has 7 nitrogen and oxygen atoms in total. The van der Waals surface area contributed by atoms with Gasteiger partial charge in [0, 0.05) is 12.1 Å². The van der Waals surface area contributed by atoms with Crippen LogP contribution in [0.1, 0.15) is 38.8 Å². The van der Waals surface area contributed by atoms with E-state index >= 15 is 0 Å². The molecule has 8 heteroatoms. The average Bonchev–Trinajstić information content (AvgIpc) is 3.18. The van der Waals surface area contributed by atoms with Crippen molar-refractivity contribution in [2.24, 2.45) is 0 Å². The summed E-state index contributed by atoms with van der Waals surface area (Å²) in [4.78, 5) is 28.3. The Morgan fingerprint density at radius 2 is 1.70 bits per heavy atom. The molecule has 0 radical (unpaired) electrons. The molecule has 0 aliphatic carbocycles. The highest BCUT2D eigenvalue weighted by Crippen LogP contribution is 2.25. The number of nitrogens with zero attached hydrogens (tertiary/aromatic N) is 5. The maximum atomic E-state index is 13.5. The van der Waals surface area contributed by atoms with Crippen LogP contribution in [0.5, 0.6) is 0 Å². The lowest BCUT2D eigenvalue weighted by Crippen LogP contribution is -2.43. The third kappa shape index (κ3) is 4.04. The van der Waals surface area contributed by atoms with Gasteiger partial charge in [-0.2, -0.15) is 0 Å². The van der Waals surface area contributed by atoms with Crippen molar-refractivity contribution in [2.45, 2.75) is 58.8 Å². The fourth-order valence-corrected chi connectivity index (χ4v) is 5.15. The summed E-state index contributed by atoms with van der Waals surface area (Å²) in [5.74, 6) is 0.731. The maximum absolute atomic E-state index is 13.5. The summed E-state index contributed by atoms with van der Waals surface area (Å²) in [6, 6.07) is 13.6. The third-order valence-electron chi connectivity index (χ3n) is 5.94. The lowest BCUT2D eigenvalue weighted by Gasteiger charge is -2.30. The summed E-state index contributed by atoms with van der Waals surface area (Å²) in [7, 11) is 0. The highest BCUT2D eigenvalue weighted by Gasteiger charge is 2.23. The Bertz CT molecular complexity index is 1400. The third-order valence-corrected chi connectivity index (χ3v) is 6.85. The van der Waals surface area contributed by atoms with Gasteiger partial charge in [-0.1, -0.05) is 36.0 Å². The van der Waals surface area contributed by atoms with Gasteiger partial charge >= 0.3 is 0 Å². The molecule has 172 valence electrons. The molecule has 0 saturated carbocycles. The molecule has 0 bridgehead atoms. The Balaban J connectivity index is 1.88. The number of carbonyl (C=O) groups is 1. The molecular formula is C25H29N5O2S. The largest absolute Gasteiger partial charge is 0.337 e. The van der Waals surface area contributed by atoms with Crippen molar-refractivity contribution >= 4 is 34.3 Å². The van der Waals surface area contributed by atoms with Crippen molar-refractivity contribution in [1.82, 2.24) is 24.1 Å². The molecule has 0 spiro atoms. The second kappa shape index (κ2) is 9.02. The van der Waals surface area contributed by atoms with Gasteiger partial charge in [0.1, 0.15) is 0 Å². The van der Waals surface area contributed by atoms with Gasteiger partial charge in [0.15, 0.2) is 5.16 Å². The summed E-state index contributed by atoms with van der Waals surface area (Å²) in [6.07, 6.45) is 0. The van der Waals surface area contributed by atoms with E-state index in [4.69, 9.17) is 0 Å². The fourth-order valence-electron chi connectivity index (χ4n) is 4.34. The first-order chi connectivity index (χ1) is 15.7. The molecule has 0 saturated heterocycles. The number of aromatic nitrogens is 4. The van der Waals surface area contributed by atoms with Gasteiger partial charge in [-0.3, -0.25) is 14.0 Å². The highest BCUT2D eigenvalue weighted by atomic mass is 32.2. The first kappa shape index (κ1) is 23.0. The van der Waals surface area contributed by atoms with Gasteiger partial charge in [0.25, 0.3) is 5.56 Å². The molecule has 0 aliphatic rings. The average molecular weight is 464 g/mol. The first-order valence-electron chi connectivity index (χ1n) is 11.1. The molecule has 0 unspecified atom stereocenters. The van der Waals surface area contributed by atoms with Crippen LogP contribution < -0.4 is 5.56 Å². The standard InChI is InChI=1S/C25H29N5O2S/c1-15(2)28(16(3)4)22(31)14-33-25-27-26-24-29(20-13-9-10-17(5)18(20)6)23(32)19-11-7-8-12-21(19)30(24)25/h7-13,15-16H,14H2,1-6H3. The predicted octanol–water partition coefficient (Wildman–Crippen LogP) is 4.39. The molecule has 0 N–H and O–H groups in total. The Hall–Kier alpha value is -3.13. The molecule has 1 amide bonds. The normalized spacial score (nSPS) is 11.8. The summed E-state index contributed by atoms with van der Waals surface area (Å²) in [6.45, 7) is 12.1. The van der Waals surface area contributed by atoms with E-state index < -0.39 is 0 Å². The number of aryl methyl sites for hydroxylation is 1. The zero-order chi connectivity index (χ0) is 23.9. The van der Waals surface area contributed by atoms with Crippen molar-refractivity contribution in [3.63, 3.8) is 0 Å². The van der Waals surface area contributed by atoms with Gasteiger partial charge in [-0.25, -0.2) is 4.57 Å². The van der Waals surface area contributed by atoms with Gasteiger partial charge in [-0.05, 0) is 70.9 Å². The van der Waals surface area contributed by atoms with Crippen molar-refractivity contribution in [3.05, 3.63) is 63.9 Å². The van der Waals surface area contributed by atoms with E-state index in [1.807, 2.05) is 93.3 Å². The molecule has 0 fully saturated rings. The fraction of sp³-hybridized carbons (Fsp3) is 0.360. The number of para-hydroxylation sites is 1. The minimum absolute atomic E-state index is 0.0499. The van der Waals surface area contributed by atoms with Crippen molar-refractivity contribution < 1.29 is 4.79 Å². The molecule has 4 aromatic rings. The van der Waals surface area contributed by atoms with Crippen molar-refractivity contribution in [1.29, 1.82) is 0 Å². The van der Waals surface area contributed by atoms with Crippen molar-refractivity contribution in [3.8, 4) is 5.69 Å². The minimum atomic E-state index is -0.141.